The molecular weight excluding hydrogens is 300 g/mol. The van der Waals surface area contributed by atoms with Gasteiger partial charge in [0.15, 0.2) is 0 Å². The second-order valence-electron chi connectivity index (χ2n) is 4.98. The highest BCUT2D eigenvalue weighted by Crippen LogP contribution is 2.29. The Labute approximate surface area is 115 Å². The zero-order chi connectivity index (χ0) is 13.1. The van der Waals surface area contributed by atoms with Crippen LogP contribution in [0.1, 0.15) is 31.2 Å². The summed E-state index contributed by atoms with van der Waals surface area (Å²) in [5.41, 5.74) is 0.172. The number of rotatable bonds is 3. The van der Waals surface area contributed by atoms with Crippen molar-refractivity contribution in [2.24, 2.45) is 0 Å². The zero-order valence-electron chi connectivity index (χ0n) is 10.5. The van der Waals surface area contributed by atoms with Crippen molar-refractivity contribution in [3.8, 4) is 0 Å². The molecule has 1 aromatic carbocycles. The Balaban J connectivity index is 2.08. The molecule has 4 heteroatoms. The fourth-order valence-electron chi connectivity index (χ4n) is 2.61. The minimum Gasteiger partial charge on any atom is -0.298 e. The van der Waals surface area contributed by atoms with E-state index in [2.05, 4.69) is 20.8 Å². The van der Waals surface area contributed by atoms with Gasteiger partial charge < -0.3 is 0 Å². The molecule has 1 aliphatic rings. The third-order valence-electron chi connectivity index (χ3n) is 3.68. The summed E-state index contributed by atoms with van der Waals surface area (Å²) in [6.07, 6.45) is 4.64. The van der Waals surface area contributed by atoms with Crippen LogP contribution < -0.4 is 0 Å². The minimum atomic E-state index is -0.455. The van der Waals surface area contributed by atoms with Gasteiger partial charge in [0.1, 0.15) is 11.6 Å². The number of nitrogens with zero attached hydrogens (tertiary/aromatic N) is 1. The molecule has 0 saturated heterocycles. The molecule has 18 heavy (non-hydrogen) atoms. The van der Waals surface area contributed by atoms with Crippen LogP contribution in [0.15, 0.2) is 18.2 Å². The maximum Gasteiger partial charge on any atom is 0.130 e. The molecule has 2 atom stereocenters. The third-order valence-corrected chi connectivity index (χ3v) is 4.75. The van der Waals surface area contributed by atoms with Crippen molar-refractivity contribution < 1.29 is 8.78 Å². The van der Waals surface area contributed by atoms with E-state index in [1.54, 1.807) is 0 Å². The van der Waals surface area contributed by atoms with Gasteiger partial charge in [-0.1, -0.05) is 34.8 Å². The van der Waals surface area contributed by atoms with Gasteiger partial charge in [0.05, 0.1) is 0 Å². The minimum absolute atomic E-state index is 0.172. The summed E-state index contributed by atoms with van der Waals surface area (Å²) in [5.74, 6) is -0.910. The Kier molecular flexibility index (Phi) is 4.73. The number of alkyl halides is 1. The molecule has 1 nitrogen and oxygen atoms in total. The lowest BCUT2D eigenvalue weighted by Crippen LogP contribution is -2.40. The van der Waals surface area contributed by atoms with E-state index in [9.17, 15) is 8.78 Å². The van der Waals surface area contributed by atoms with Gasteiger partial charge in [0.25, 0.3) is 0 Å². The van der Waals surface area contributed by atoms with E-state index >= 15 is 0 Å². The third kappa shape index (κ3) is 3.09. The van der Waals surface area contributed by atoms with E-state index in [0.29, 0.717) is 17.4 Å². The molecule has 2 unspecified atom stereocenters. The normalized spacial score (nSPS) is 24.5. The smallest absolute Gasteiger partial charge is 0.130 e. The molecule has 0 amide bonds. The Morgan fingerprint density at radius 1 is 1.22 bits per heavy atom. The SMILES string of the molecule is CN(Cc1c(F)cccc1F)C1CCCCC1Br. The molecule has 2 rings (SSSR count). The van der Waals surface area contributed by atoms with Crippen molar-refractivity contribution >= 4 is 15.9 Å². The van der Waals surface area contributed by atoms with Gasteiger partial charge in [-0.3, -0.25) is 4.90 Å². The number of halogens is 3. The summed E-state index contributed by atoms with van der Waals surface area (Å²) in [4.78, 5) is 2.48. The summed E-state index contributed by atoms with van der Waals surface area (Å²) >= 11 is 3.68. The van der Waals surface area contributed by atoms with Crippen LogP contribution >= 0.6 is 15.9 Å². The Morgan fingerprint density at radius 2 is 1.83 bits per heavy atom. The standard InChI is InChI=1S/C14H18BrF2N/c1-18(14-8-3-2-5-11(14)15)9-10-12(16)6-4-7-13(10)17/h4,6-7,11,14H,2-3,5,8-9H2,1H3. The Morgan fingerprint density at radius 3 is 2.44 bits per heavy atom. The highest BCUT2D eigenvalue weighted by Gasteiger charge is 2.27. The summed E-state index contributed by atoms with van der Waals surface area (Å²) in [5, 5.41) is 0. The molecule has 1 saturated carbocycles. The lowest BCUT2D eigenvalue weighted by atomic mass is 9.94. The maximum absolute atomic E-state index is 13.6. The van der Waals surface area contributed by atoms with Crippen LogP contribution in [0.5, 0.6) is 0 Å². The van der Waals surface area contributed by atoms with Crippen molar-refractivity contribution in [1.82, 2.24) is 4.90 Å². The first-order valence-corrected chi connectivity index (χ1v) is 7.28. The summed E-state index contributed by atoms with van der Waals surface area (Å²) in [6, 6.07) is 4.40. The first-order chi connectivity index (χ1) is 8.59. The second kappa shape index (κ2) is 6.11. The van der Waals surface area contributed by atoms with Crippen LogP contribution in [0, 0.1) is 11.6 Å². The molecule has 0 aliphatic heterocycles. The van der Waals surface area contributed by atoms with E-state index < -0.39 is 11.6 Å². The van der Waals surface area contributed by atoms with Crippen molar-refractivity contribution in [2.75, 3.05) is 7.05 Å². The molecule has 0 bridgehead atoms. The second-order valence-corrected chi connectivity index (χ2v) is 6.16. The van der Waals surface area contributed by atoms with Crippen LogP contribution in [0.25, 0.3) is 0 Å². The summed E-state index contributed by atoms with van der Waals surface area (Å²) in [7, 11) is 1.94. The van der Waals surface area contributed by atoms with Crippen LogP contribution in [0.2, 0.25) is 0 Å². The highest BCUT2D eigenvalue weighted by molar-refractivity contribution is 9.09. The zero-order valence-corrected chi connectivity index (χ0v) is 12.1. The molecule has 1 aromatic rings. The Hall–Kier alpha value is -0.480. The van der Waals surface area contributed by atoms with Crippen molar-refractivity contribution in [3.63, 3.8) is 0 Å². The van der Waals surface area contributed by atoms with E-state index in [-0.39, 0.29) is 5.56 Å². The average molecular weight is 318 g/mol. The molecule has 0 spiro atoms. The van der Waals surface area contributed by atoms with Gasteiger partial charge in [0.2, 0.25) is 0 Å². The molecule has 100 valence electrons. The van der Waals surface area contributed by atoms with Gasteiger partial charge in [0, 0.05) is 23.0 Å². The monoisotopic (exact) mass is 317 g/mol. The first kappa shape index (κ1) is 13.9. The average Bonchev–Trinajstić information content (AvgIpc) is 2.34. The van der Waals surface area contributed by atoms with Crippen LogP contribution in [-0.2, 0) is 6.54 Å². The van der Waals surface area contributed by atoms with Crippen molar-refractivity contribution in [2.45, 2.75) is 43.1 Å². The number of hydrogen-bond donors (Lipinski definition) is 0. The molecule has 1 aliphatic carbocycles. The predicted octanol–water partition coefficient (Wildman–Crippen LogP) is 4.10. The topological polar surface area (TPSA) is 3.24 Å². The molecule has 0 heterocycles. The van der Waals surface area contributed by atoms with Gasteiger partial charge in [-0.25, -0.2) is 8.78 Å². The molecule has 1 fully saturated rings. The first-order valence-electron chi connectivity index (χ1n) is 6.37. The number of benzene rings is 1. The van der Waals surface area contributed by atoms with Crippen LogP contribution in [0.3, 0.4) is 0 Å². The van der Waals surface area contributed by atoms with Crippen molar-refractivity contribution in [1.29, 1.82) is 0 Å². The lowest BCUT2D eigenvalue weighted by molar-refractivity contribution is 0.188. The maximum atomic E-state index is 13.6. The molecule has 0 N–H and O–H groups in total. The van der Waals surface area contributed by atoms with Gasteiger partial charge in [-0.15, -0.1) is 0 Å². The highest BCUT2D eigenvalue weighted by atomic mass is 79.9. The van der Waals surface area contributed by atoms with Gasteiger partial charge in [-0.2, -0.15) is 0 Å². The summed E-state index contributed by atoms with van der Waals surface area (Å²) in [6.45, 7) is 0.325. The largest absolute Gasteiger partial charge is 0.298 e. The molecular formula is C14H18BrF2N. The van der Waals surface area contributed by atoms with Gasteiger partial charge in [-0.05, 0) is 32.0 Å². The van der Waals surface area contributed by atoms with E-state index in [1.807, 2.05) is 7.05 Å². The van der Waals surface area contributed by atoms with Crippen molar-refractivity contribution in [3.05, 3.63) is 35.4 Å². The molecule has 0 radical (unpaired) electrons. The fraction of sp³-hybridized carbons (Fsp3) is 0.571. The molecule has 0 aromatic heterocycles. The lowest BCUT2D eigenvalue weighted by Gasteiger charge is -2.35. The predicted molar refractivity (Wildman–Crippen MR) is 72.8 cm³/mol. The van der Waals surface area contributed by atoms with Crippen LogP contribution in [-0.4, -0.2) is 22.8 Å². The summed E-state index contributed by atoms with van der Waals surface area (Å²) < 4.78 is 27.2. The fourth-order valence-corrected chi connectivity index (χ4v) is 3.60. The number of hydrogen-bond acceptors (Lipinski definition) is 1. The van der Waals surface area contributed by atoms with E-state index in [4.69, 9.17) is 0 Å². The Bertz CT molecular complexity index is 391. The van der Waals surface area contributed by atoms with E-state index in [1.165, 1.54) is 31.0 Å². The van der Waals surface area contributed by atoms with E-state index in [0.717, 1.165) is 12.8 Å². The van der Waals surface area contributed by atoms with Gasteiger partial charge >= 0.3 is 0 Å². The quantitative estimate of drug-likeness (QED) is 0.758. The van der Waals surface area contributed by atoms with Crippen LogP contribution in [0.4, 0.5) is 8.78 Å².